The first-order chi connectivity index (χ1) is 55.8. The molecule has 16 aromatic rings. The van der Waals surface area contributed by atoms with Crippen LogP contribution in [0.3, 0.4) is 0 Å². The van der Waals surface area contributed by atoms with Crippen LogP contribution in [0.5, 0.6) is 23.0 Å². The van der Waals surface area contributed by atoms with Gasteiger partial charge in [-0.15, -0.1) is 0 Å². The van der Waals surface area contributed by atoms with Crippen molar-refractivity contribution in [2.24, 2.45) is 0 Å². The summed E-state index contributed by atoms with van der Waals surface area (Å²) >= 11 is 0. The summed E-state index contributed by atoms with van der Waals surface area (Å²) in [7, 11) is -13.2. The molecule has 0 aliphatic heterocycles. The molecule has 0 fully saturated rings. The Bertz CT molecular complexity index is 4720. The Labute approximate surface area is 677 Å². The van der Waals surface area contributed by atoms with E-state index in [1.807, 2.05) is 0 Å². The molecule has 0 unspecified atom stereocenters. The van der Waals surface area contributed by atoms with Crippen LogP contribution in [-0.4, -0.2) is 33.3 Å². The van der Waals surface area contributed by atoms with Gasteiger partial charge in [0.1, 0.15) is 23.0 Å². The lowest BCUT2D eigenvalue weighted by molar-refractivity contribution is 0.560. The average Bonchev–Trinajstić information content (AvgIpc) is 0.763. The maximum absolute atomic E-state index is 8.17. The van der Waals surface area contributed by atoms with Crippen LogP contribution in [0.4, 0.5) is 0 Å². The van der Waals surface area contributed by atoms with Crippen LogP contribution in [0.25, 0.3) is 0 Å². The largest absolute Gasteiger partial charge is 0.530 e. The molecular weight excluding hydrogens is 1450 g/mol. The molecule has 0 spiro atoms. The molecule has 0 atom stereocenters. The highest BCUT2D eigenvalue weighted by Gasteiger charge is 2.49. The molecule has 0 heterocycles. The molecule has 0 radical (unpaired) electrons. The second-order valence-electron chi connectivity index (χ2n) is 30.4. The Balaban J connectivity index is 0.954. The van der Waals surface area contributed by atoms with Crippen molar-refractivity contribution in [2.75, 3.05) is 0 Å². The van der Waals surface area contributed by atoms with Crippen LogP contribution in [0.2, 0.25) is 0 Å². The molecule has 0 amide bonds. The highest BCUT2D eigenvalue weighted by atomic mass is 28.4. The second-order valence-corrected chi connectivity index (χ2v) is 43.6. The second kappa shape index (κ2) is 33.1. The molecule has 0 N–H and O–H groups in total. The van der Waals surface area contributed by atoms with Crippen molar-refractivity contribution in [3.05, 3.63) is 479 Å². The molecule has 558 valence electrons. The topological polar surface area (TPSA) is 36.9 Å². The standard InChI is InChI=1S/C106H94O4Si4/c1-77-69-85(70-78(2)103(77)107-111(89-45-21-9-22-46-89,90-47-23-10-24-48-90)91-49-25-11-26-50-91)101(86-71-79(3)104(80(4)72-86)108-112(92-51-27-12-28-52-92,93-53-29-13-30-54-93)94-55-31-14-32-56-94)102(87-73-81(5)105(82(6)74-87)109-113(95-57-33-15-34-58-95,96-59-35-16-36-60-96)97-61-37-17-38-62-97)88-75-83(7)106(84(8)76-88)110-114(98-63-39-18-40-64-98,99-65-41-19-42-66-99)100-67-43-20-44-68-100/h9-76,101-102H,1-8H3. The number of hydrogen-bond donors (Lipinski definition) is 0. The molecule has 0 aliphatic rings. The molecular formula is C106H94O4Si4. The molecule has 114 heavy (non-hydrogen) atoms. The molecule has 0 saturated carbocycles. The molecule has 0 saturated heterocycles. The van der Waals surface area contributed by atoms with Gasteiger partial charge in [0.15, 0.2) is 0 Å². The maximum atomic E-state index is 8.17. The van der Waals surface area contributed by atoms with Gasteiger partial charge in [0, 0.05) is 11.8 Å². The van der Waals surface area contributed by atoms with Gasteiger partial charge in [-0.05, 0) is 184 Å². The number of rotatable bonds is 25. The minimum absolute atomic E-state index is 0.337. The van der Waals surface area contributed by atoms with Gasteiger partial charge in [-0.3, -0.25) is 0 Å². The van der Waals surface area contributed by atoms with E-state index in [0.29, 0.717) is 0 Å². The summed E-state index contributed by atoms with van der Waals surface area (Å²) in [6.07, 6.45) is 0. The van der Waals surface area contributed by atoms with E-state index >= 15 is 0 Å². The number of hydrogen-bond acceptors (Lipinski definition) is 4. The third-order valence-corrected chi connectivity index (χ3v) is 38.7. The van der Waals surface area contributed by atoms with E-state index < -0.39 is 33.3 Å². The fourth-order valence-electron chi connectivity index (χ4n) is 17.8. The summed E-state index contributed by atoms with van der Waals surface area (Å²) in [5.74, 6) is 2.84. The van der Waals surface area contributed by atoms with Crippen molar-refractivity contribution in [2.45, 2.75) is 67.2 Å². The monoisotopic (exact) mass is 1540 g/mol. The van der Waals surface area contributed by atoms with Crippen LogP contribution in [-0.2, 0) is 0 Å². The predicted octanol–water partition coefficient (Wildman–Crippen LogP) is 17.3. The lowest BCUT2D eigenvalue weighted by Crippen LogP contribution is -2.71. The van der Waals surface area contributed by atoms with Gasteiger partial charge in [-0.2, -0.15) is 0 Å². The first-order valence-electron chi connectivity index (χ1n) is 39.7. The fourth-order valence-corrected chi connectivity index (χ4v) is 33.7. The van der Waals surface area contributed by atoms with Gasteiger partial charge >= 0.3 is 33.3 Å². The third kappa shape index (κ3) is 14.4. The first kappa shape index (κ1) is 75.6. The van der Waals surface area contributed by atoms with Crippen molar-refractivity contribution in [3.63, 3.8) is 0 Å². The van der Waals surface area contributed by atoms with Crippen molar-refractivity contribution < 1.29 is 17.7 Å². The van der Waals surface area contributed by atoms with Crippen LogP contribution in [0.1, 0.15) is 78.6 Å². The zero-order valence-electron chi connectivity index (χ0n) is 66.0. The van der Waals surface area contributed by atoms with E-state index in [1.165, 1.54) is 62.2 Å². The summed E-state index contributed by atoms with van der Waals surface area (Å²) in [6.45, 7) is 18.1. The van der Waals surface area contributed by atoms with E-state index in [2.05, 4.69) is 468 Å². The van der Waals surface area contributed by atoms with Crippen molar-refractivity contribution in [1.29, 1.82) is 0 Å². The zero-order chi connectivity index (χ0) is 78.2. The van der Waals surface area contributed by atoms with Gasteiger partial charge in [-0.1, -0.05) is 413 Å². The number of aryl methyl sites for hydroxylation is 8. The van der Waals surface area contributed by atoms with Crippen LogP contribution in [0, 0.1) is 55.4 Å². The van der Waals surface area contributed by atoms with Crippen molar-refractivity contribution in [1.82, 2.24) is 0 Å². The summed E-state index contributed by atoms with van der Waals surface area (Å²) in [5.41, 5.74) is 13.0. The SMILES string of the molecule is Cc1cc(C(c2cc(C)c(O[Si](c3ccccc3)(c3ccccc3)c3ccccc3)c(C)c2)C(c2cc(C)c(O[Si](c3ccccc3)(c3ccccc3)c3ccccc3)c(C)c2)c2cc(C)c(O[Si](c3ccccc3)(c3ccccc3)c3ccccc3)c(C)c2)cc(C)c1O[Si](c1ccccc1)(c1ccccc1)c1ccccc1. The summed E-state index contributed by atoms with van der Waals surface area (Å²) < 4.78 is 32.7. The lowest BCUT2D eigenvalue weighted by Gasteiger charge is -2.37. The zero-order valence-corrected chi connectivity index (χ0v) is 70.0. The van der Waals surface area contributed by atoms with E-state index in [4.69, 9.17) is 17.7 Å². The third-order valence-electron chi connectivity index (χ3n) is 22.9. The van der Waals surface area contributed by atoms with E-state index in [0.717, 1.165) is 89.8 Å². The van der Waals surface area contributed by atoms with E-state index in [9.17, 15) is 0 Å². The highest BCUT2D eigenvalue weighted by Crippen LogP contribution is 2.49. The van der Waals surface area contributed by atoms with Crippen LogP contribution in [0.15, 0.2) is 413 Å². The van der Waals surface area contributed by atoms with Gasteiger partial charge < -0.3 is 17.7 Å². The van der Waals surface area contributed by atoms with Crippen LogP contribution < -0.4 is 79.9 Å². The summed E-state index contributed by atoms with van der Waals surface area (Å²) in [6, 6.07) is 151. The average molecular weight is 1540 g/mol. The highest BCUT2D eigenvalue weighted by molar-refractivity contribution is 7.09. The molecule has 16 aromatic carbocycles. The van der Waals surface area contributed by atoms with Crippen molar-refractivity contribution >= 4 is 95.5 Å². The normalized spacial score (nSPS) is 11.8. The molecule has 0 aromatic heterocycles. The quantitative estimate of drug-likeness (QED) is 0.0422. The Kier molecular flexibility index (Phi) is 22.0. The molecule has 16 rings (SSSR count). The van der Waals surface area contributed by atoms with Gasteiger partial charge in [0.05, 0.1) is 0 Å². The molecule has 4 nitrogen and oxygen atoms in total. The van der Waals surface area contributed by atoms with E-state index in [-0.39, 0.29) is 11.8 Å². The first-order valence-corrected chi connectivity index (χ1v) is 47.3. The predicted molar refractivity (Wildman–Crippen MR) is 486 cm³/mol. The summed E-state index contributed by atoms with van der Waals surface area (Å²) in [5, 5.41) is 14.0. The maximum Gasteiger partial charge on any atom is 0.346 e. The van der Waals surface area contributed by atoms with Crippen LogP contribution >= 0.6 is 0 Å². The molecule has 0 bridgehead atoms. The van der Waals surface area contributed by atoms with E-state index in [1.54, 1.807) is 0 Å². The van der Waals surface area contributed by atoms with Gasteiger partial charge in [0.2, 0.25) is 0 Å². The minimum atomic E-state index is -3.31. The number of benzene rings is 16. The van der Waals surface area contributed by atoms with Gasteiger partial charge in [-0.25, -0.2) is 0 Å². The lowest BCUT2D eigenvalue weighted by atomic mass is 9.71. The molecule has 8 heteroatoms. The Morgan fingerprint density at radius 1 is 0.149 bits per heavy atom. The summed E-state index contributed by atoms with van der Waals surface area (Å²) in [4.78, 5) is 0. The Morgan fingerprint density at radius 3 is 0.342 bits per heavy atom. The fraction of sp³-hybridized carbons (Fsp3) is 0.0943. The minimum Gasteiger partial charge on any atom is -0.530 e. The smallest absolute Gasteiger partial charge is 0.346 e. The van der Waals surface area contributed by atoms with Gasteiger partial charge in [0.25, 0.3) is 0 Å². The molecule has 0 aliphatic carbocycles. The Morgan fingerprint density at radius 2 is 0.246 bits per heavy atom. The Hall–Kier alpha value is -12.4. The van der Waals surface area contributed by atoms with Crippen molar-refractivity contribution in [3.8, 4) is 23.0 Å².